The molecule has 0 bridgehead atoms. The van der Waals surface area contributed by atoms with Crippen LogP contribution in [0.4, 0.5) is 8.78 Å². The van der Waals surface area contributed by atoms with Gasteiger partial charge in [0.2, 0.25) is 0 Å². The van der Waals surface area contributed by atoms with Gasteiger partial charge in [-0.3, -0.25) is 4.90 Å². The van der Waals surface area contributed by atoms with Crippen molar-refractivity contribution in [2.24, 2.45) is 0 Å². The molecule has 0 spiro atoms. The number of halogens is 2. The first-order valence-corrected chi connectivity index (χ1v) is 5.35. The van der Waals surface area contributed by atoms with E-state index < -0.39 is 5.92 Å². The molecule has 4 heteroatoms. The van der Waals surface area contributed by atoms with Crippen LogP contribution < -0.4 is 5.32 Å². The summed E-state index contributed by atoms with van der Waals surface area (Å²) >= 11 is 0. The van der Waals surface area contributed by atoms with Crippen LogP contribution in [0.25, 0.3) is 0 Å². The molecule has 1 fully saturated rings. The van der Waals surface area contributed by atoms with E-state index in [9.17, 15) is 8.78 Å². The predicted octanol–water partition coefficient (Wildman–Crippen LogP) is 1.72. The lowest BCUT2D eigenvalue weighted by molar-refractivity contribution is -0.0312. The van der Waals surface area contributed by atoms with Crippen molar-refractivity contribution in [3.8, 4) is 0 Å². The van der Waals surface area contributed by atoms with Crippen LogP contribution >= 0.6 is 0 Å². The summed E-state index contributed by atoms with van der Waals surface area (Å²) in [5.41, 5.74) is 0. The third-order valence-electron chi connectivity index (χ3n) is 2.44. The van der Waals surface area contributed by atoms with Gasteiger partial charge in [-0.2, -0.15) is 0 Å². The molecule has 0 heterocycles. The molecule has 0 aromatic carbocycles. The van der Waals surface area contributed by atoms with Gasteiger partial charge in [-0.1, -0.05) is 6.92 Å². The first-order chi connectivity index (χ1) is 6.59. The molecule has 0 aliphatic heterocycles. The van der Waals surface area contributed by atoms with Crippen molar-refractivity contribution >= 4 is 0 Å². The molecule has 0 aromatic rings. The van der Waals surface area contributed by atoms with Crippen molar-refractivity contribution < 1.29 is 8.78 Å². The van der Waals surface area contributed by atoms with E-state index in [1.54, 1.807) is 7.05 Å². The first-order valence-electron chi connectivity index (χ1n) is 5.35. The maximum absolute atomic E-state index is 13.3. The number of hydrogen-bond donors (Lipinski definition) is 1. The Bertz CT molecular complexity index is 170. The van der Waals surface area contributed by atoms with E-state index in [-0.39, 0.29) is 13.1 Å². The summed E-state index contributed by atoms with van der Waals surface area (Å²) in [6.07, 6.45) is 3.14. The van der Waals surface area contributed by atoms with Gasteiger partial charge in [0.05, 0.1) is 13.1 Å². The van der Waals surface area contributed by atoms with Crippen LogP contribution in [0.1, 0.15) is 26.2 Å². The summed E-state index contributed by atoms with van der Waals surface area (Å²) < 4.78 is 26.6. The summed E-state index contributed by atoms with van der Waals surface area (Å²) in [5, 5.41) is 2.54. The fourth-order valence-corrected chi connectivity index (χ4v) is 1.73. The van der Waals surface area contributed by atoms with Crippen LogP contribution in [0, 0.1) is 0 Å². The lowest BCUT2D eigenvalue weighted by Gasteiger charge is -2.26. The largest absolute Gasteiger partial charge is 0.314 e. The summed E-state index contributed by atoms with van der Waals surface area (Å²) in [7, 11) is 1.56. The second-order valence-electron chi connectivity index (χ2n) is 4.09. The van der Waals surface area contributed by atoms with Crippen LogP contribution in [0.15, 0.2) is 0 Å². The zero-order valence-electron chi connectivity index (χ0n) is 9.02. The lowest BCUT2D eigenvalue weighted by Crippen LogP contribution is -2.44. The average molecular weight is 206 g/mol. The molecular weight excluding hydrogens is 186 g/mol. The molecule has 14 heavy (non-hydrogen) atoms. The standard InChI is InChI=1S/C10H20F2N2/c1-3-6-14(9-4-5-9)8-10(11,12)7-13-2/h9,13H,3-8H2,1-2H3. The van der Waals surface area contributed by atoms with Crippen LogP contribution in [0.3, 0.4) is 0 Å². The van der Waals surface area contributed by atoms with Gasteiger partial charge in [0.15, 0.2) is 0 Å². The minimum atomic E-state index is -2.59. The first kappa shape index (κ1) is 11.9. The van der Waals surface area contributed by atoms with Crippen LogP contribution in [0.5, 0.6) is 0 Å². The normalized spacial score (nSPS) is 17.8. The Balaban J connectivity index is 2.36. The Kier molecular flexibility index (Phi) is 4.26. The third kappa shape index (κ3) is 3.88. The van der Waals surface area contributed by atoms with Crippen LogP contribution in [-0.2, 0) is 0 Å². The van der Waals surface area contributed by atoms with Crippen molar-refractivity contribution in [1.82, 2.24) is 10.2 Å². The Morgan fingerprint density at radius 1 is 1.43 bits per heavy atom. The van der Waals surface area contributed by atoms with Gasteiger partial charge >= 0.3 is 0 Å². The smallest absolute Gasteiger partial charge is 0.272 e. The van der Waals surface area contributed by atoms with Gasteiger partial charge < -0.3 is 5.32 Å². The molecule has 0 radical (unpaired) electrons. The van der Waals surface area contributed by atoms with Gasteiger partial charge in [-0.05, 0) is 32.9 Å². The van der Waals surface area contributed by atoms with Crippen molar-refractivity contribution in [1.29, 1.82) is 0 Å². The van der Waals surface area contributed by atoms with Gasteiger partial charge in [-0.15, -0.1) is 0 Å². The summed E-state index contributed by atoms with van der Waals surface area (Å²) in [6.45, 7) is 2.52. The number of hydrogen-bond acceptors (Lipinski definition) is 2. The van der Waals surface area contributed by atoms with Gasteiger partial charge in [0.1, 0.15) is 0 Å². The molecule has 0 saturated heterocycles. The fourth-order valence-electron chi connectivity index (χ4n) is 1.73. The van der Waals surface area contributed by atoms with Crippen LogP contribution in [0.2, 0.25) is 0 Å². The molecule has 1 N–H and O–H groups in total. The lowest BCUT2D eigenvalue weighted by atomic mass is 10.2. The Morgan fingerprint density at radius 3 is 2.50 bits per heavy atom. The molecule has 0 amide bonds. The molecule has 0 unspecified atom stereocenters. The molecule has 84 valence electrons. The van der Waals surface area contributed by atoms with E-state index >= 15 is 0 Å². The Hall–Kier alpha value is -0.220. The maximum atomic E-state index is 13.3. The monoisotopic (exact) mass is 206 g/mol. The van der Waals surface area contributed by atoms with E-state index in [0.29, 0.717) is 6.04 Å². The molecule has 0 aromatic heterocycles. The highest BCUT2D eigenvalue weighted by molar-refractivity contribution is 4.87. The summed E-state index contributed by atoms with van der Waals surface area (Å²) in [6, 6.07) is 0.428. The molecule has 2 nitrogen and oxygen atoms in total. The van der Waals surface area contributed by atoms with E-state index in [4.69, 9.17) is 0 Å². The number of rotatable bonds is 7. The van der Waals surface area contributed by atoms with Crippen molar-refractivity contribution in [2.75, 3.05) is 26.7 Å². The SMILES string of the molecule is CCCN(CC(F)(F)CNC)C1CC1. The highest BCUT2D eigenvalue weighted by atomic mass is 19.3. The van der Waals surface area contributed by atoms with E-state index in [0.717, 1.165) is 25.8 Å². The van der Waals surface area contributed by atoms with E-state index in [1.807, 2.05) is 11.8 Å². The van der Waals surface area contributed by atoms with Gasteiger partial charge in [0.25, 0.3) is 5.92 Å². The maximum Gasteiger partial charge on any atom is 0.272 e. The average Bonchev–Trinajstić information content (AvgIpc) is 2.84. The van der Waals surface area contributed by atoms with Crippen molar-refractivity contribution in [2.45, 2.75) is 38.2 Å². The third-order valence-corrected chi connectivity index (χ3v) is 2.44. The molecular formula is C10H20F2N2. The highest BCUT2D eigenvalue weighted by Gasteiger charge is 2.36. The van der Waals surface area contributed by atoms with Crippen molar-refractivity contribution in [3.05, 3.63) is 0 Å². The summed E-state index contributed by atoms with van der Waals surface area (Å²) in [5.74, 6) is -2.59. The second kappa shape index (κ2) is 5.03. The van der Waals surface area contributed by atoms with Gasteiger partial charge in [-0.25, -0.2) is 8.78 Å². The molecule has 1 rings (SSSR count). The Labute approximate surface area is 84.7 Å². The zero-order valence-corrected chi connectivity index (χ0v) is 9.02. The Morgan fingerprint density at radius 2 is 2.07 bits per heavy atom. The fraction of sp³-hybridized carbons (Fsp3) is 1.00. The number of alkyl halides is 2. The molecule has 1 aliphatic carbocycles. The minimum Gasteiger partial charge on any atom is -0.314 e. The number of nitrogens with one attached hydrogen (secondary N) is 1. The highest BCUT2D eigenvalue weighted by Crippen LogP contribution is 2.29. The van der Waals surface area contributed by atoms with Crippen LogP contribution in [-0.4, -0.2) is 43.5 Å². The topological polar surface area (TPSA) is 15.3 Å². The second-order valence-corrected chi connectivity index (χ2v) is 4.09. The molecule has 1 saturated carbocycles. The number of nitrogens with zero attached hydrogens (tertiary/aromatic N) is 1. The summed E-state index contributed by atoms with van der Waals surface area (Å²) in [4.78, 5) is 1.93. The van der Waals surface area contributed by atoms with Gasteiger partial charge in [0, 0.05) is 6.04 Å². The molecule has 0 atom stereocenters. The minimum absolute atomic E-state index is 0.0909. The quantitative estimate of drug-likeness (QED) is 0.682. The molecule has 1 aliphatic rings. The van der Waals surface area contributed by atoms with E-state index in [2.05, 4.69) is 5.32 Å². The predicted molar refractivity (Wildman–Crippen MR) is 53.8 cm³/mol. The van der Waals surface area contributed by atoms with E-state index in [1.165, 1.54) is 0 Å². The van der Waals surface area contributed by atoms with Crippen molar-refractivity contribution in [3.63, 3.8) is 0 Å². The zero-order chi connectivity index (χ0) is 10.6.